The highest BCUT2D eigenvalue weighted by Gasteiger charge is 2.21. The molecule has 0 fully saturated rings. The summed E-state index contributed by atoms with van der Waals surface area (Å²) in [5.74, 6) is 0.999. The molecule has 0 saturated heterocycles. The number of para-hydroxylation sites is 1. The van der Waals surface area contributed by atoms with Gasteiger partial charge in [0, 0.05) is 43.3 Å². The van der Waals surface area contributed by atoms with E-state index in [0.717, 1.165) is 16.8 Å². The summed E-state index contributed by atoms with van der Waals surface area (Å²) in [5, 5.41) is 7.83. The highest BCUT2D eigenvalue weighted by molar-refractivity contribution is 6.00. The summed E-state index contributed by atoms with van der Waals surface area (Å²) in [6.45, 7) is 1.10. The van der Waals surface area contributed by atoms with Crippen LogP contribution in [0, 0.1) is 0 Å². The van der Waals surface area contributed by atoms with E-state index in [4.69, 9.17) is 14.6 Å². The third kappa shape index (κ3) is 5.38. The molecule has 0 aliphatic carbocycles. The molecule has 0 radical (unpaired) electrons. The van der Waals surface area contributed by atoms with Crippen molar-refractivity contribution in [2.75, 3.05) is 14.2 Å². The van der Waals surface area contributed by atoms with Gasteiger partial charge in [0.25, 0.3) is 5.91 Å². The maximum Gasteiger partial charge on any atom is 0.255 e. The Morgan fingerprint density at radius 3 is 2.54 bits per heavy atom. The van der Waals surface area contributed by atoms with Crippen molar-refractivity contribution in [1.82, 2.24) is 24.6 Å². The van der Waals surface area contributed by atoms with Gasteiger partial charge in [-0.05, 0) is 35.4 Å². The first kappa shape index (κ1) is 23.9. The fourth-order valence-corrected chi connectivity index (χ4v) is 4.15. The quantitative estimate of drug-likeness (QED) is 0.321. The van der Waals surface area contributed by atoms with Crippen molar-refractivity contribution in [3.05, 3.63) is 114 Å². The monoisotopic (exact) mass is 493 g/mol. The Bertz CT molecular complexity index is 1490. The van der Waals surface area contributed by atoms with Crippen LogP contribution in [0.15, 0.2) is 97.7 Å². The van der Waals surface area contributed by atoms with E-state index in [2.05, 4.69) is 22.4 Å². The van der Waals surface area contributed by atoms with Gasteiger partial charge in [0.05, 0.1) is 31.8 Å². The zero-order valence-corrected chi connectivity index (χ0v) is 20.7. The third-order valence-corrected chi connectivity index (χ3v) is 6.01. The van der Waals surface area contributed by atoms with Crippen molar-refractivity contribution >= 4 is 5.91 Å². The number of amides is 1. The minimum absolute atomic E-state index is 0.227. The summed E-state index contributed by atoms with van der Waals surface area (Å²) in [4.78, 5) is 17.6. The van der Waals surface area contributed by atoms with Crippen LogP contribution in [0.25, 0.3) is 16.9 Å². The summed E-state index contributed by atoms with van der Waals surface area (Å²) < 4.78 is 14.7. The molecule has 1 amide bonds. The Morgan fingerprint density at radius 1 is 0.946 bits per heavy atom. The summed E-state index contributed by atoms with van der Waals surface area (Å²) in [6, 6.07) is 23.3. The average Bonchev–Trinajstić information content (AvgIpc) is 3.62. The van der Waals surface area contributed by atoms with E-state index in [1.807, 2.05) is 65.4 Å². The van der Waals surface area contributed by atoms with Crippen LogP contribution in [0.1, 0.15) is 21.5 Å². The van der Waals surface area contributed by atoms with Crippen LogP contribution in [-0.4, -0.2) is 39.5 Å². The fraction of sp³-hybridized carbons (Fsp3) is 0.138. The lowest BCUT2D eigenvalue weighted by Crippen LogP contribution is -2.23. The van der Waals surface area contributed by atoms with Gasteiger partial charge in [-0.15, -0.1) is 0 Å². The molecule has 2 heterocycles. The van der Waals surface area contributed by atoms with Gasteiger partial charge in [0.15, 0.2) is 0 Å². The van der Waals surface area contributed by atoms with Gasteiger partial charge in [0.1, 0.15) is 17.2 Å². The molecule has 0 atom stereocenters. The van der Waals surface area contributed by atoms with Crippen molar-refractivity contribution in [1.29, 1.82) is 0 Å². The molecule has 0 spiro atoms. The Morgan fingerprint density at radius 2 is 1.78 bits per heavy atom. The highest BCUT2D eigenvalue weighted by atomic mass is 16.5. The number of hydrogen-bond acceptors (Lipinski definition) is 5. The zero-order chi connectivity index (χ0) is 25.6. The summed E-state index contributed by atoms with van der Waals surface area (Å²) in [5.41, 5.74) is 4.65. The highest BCUT2D eigenvalue weighted by Crippen LogP contribution is 2.34. The lowest BCUT2D eigenvalue weighted by molar-refractivity contribution is 0.0951. The van der Waals surface area contributed by atoms with Crippen LogP contribution in [0.3, 0.4) is 0 Å². The Kier molecular flexibility index (Phi) is 6.98. The van der Waals surface area contributed by atoms with Gasteiger partial charge in [-0.25, -0.2) is 9.67 Å². The third-order valence-electron chi connectivity index (χ3n) is 6.01. The number of rotatable bonds is 9. The molecule has 0 bridgehead atoms. The lowest BCUT2D eigenvalue weighted by atomic mass is 10.1. The van der Waals surface area contributed by atoms with Crippen molar-refractivity contribution in [2.24, 2.45) is 0 Å². The maximum absolute atomic E-state index is 13.5. The smallest absolute Gasteiger partial charge is 0.255 e. The molecule has 0 saturated carbocycles. The molecule has 0 unspecified atom stereocenters. The standard InChI is InChI=1S/C29H27N5O3/c1-36-24-11-12-25(27(16-24)37-2)28-26(19-34(32-28)23-9-4-3-5-10-23)29(35)31-17-21-7-6-8-22(15-21)18-33-14-13-30-20-33/h3-16,19-20H,17-18H2,1-2H3,(H,31,35). The van der Waals surface area contributed by atoms with Crippen LogP contribution in [0.4, 0.5) is 0 Å². The van der Waals surface area contributed by atoms with Gasteiger partial charge >= 0.3 is 0 Å². The number of ether oxygens (including phenoxy) is 2. The van der Waals surface area contributed by atoms with E-state index in [0.29, 0.717) is 41.4 Å². The number of benzene rings is 3. The van der Waals surface area contributed by atoms with Gasteiger partial charge < -0.3 is 19.4 Å². The minimum Gasteiger partial charge on any atom is -0.497 e. The first-order chi connectivity index (χ1) is 18.1. The molecule has 5 rings (SSSR count). The number of nitrogens with zero attached hydrogens (tertiary/aromatic N) is 4. The number of carbonyl (C=O) groups excluding carboxylic acids is 1. The normalized spacial score (nSPS) is 10.8. The molecule has 37 heavy (non-hydrogen) atoms. The van der Waals surface area contributed by atoms with Gasteiger partial charge in [-0.3, -0.25) is 4.79 Å². The number of methoxy groups -OCH3 is 2. The first-order valence-corrected chi connectivity index (χ1v) is 11.8. The van der Waals surface area contributed by atoms with E-state index in [-0.39, 0.29) is 5.91 Å². The number of aromatic nitrogens is 4. The molecule has 0 aliphatic heterocycles. The van der Waals surface area contributed by atoms with Gasteiger partial charge in [0.2, 0.25) is 0 Å². The van der Waals surface area contributed by atoms with E-state index in [9.17, 15) is 4.79 Å². The lowest BCUT2D eigenvalue weighted by Gasteiger charge is -2.11. The Labute approximate surface area is 215 Å². The summed E-state index contributed by atoms with van der Waals surface area (Å²) in [6.07, 6.45) is 7.22. The van der Waals surface area contributed by atoms with E-state index >= 15 is 0 Å². The number of carbonyl (C=O) groups is 1. The molecule has 3 aromatic carbocycles. The molecule has 186 valence electrons. The molecule has 8 heteroatoms. The van der Waals surface area contributed by atoms with Crippen LogP contribution < -0.4 is 14.8 Å². The fourth-order valence-electron chi connectivity index (χ4n) is 4.15. The number of hydrogen-bond donors (Lipinski definition) is 1. The second-order valence-electron chi connectivity index (χ2n) is 8.48. The van der Waals surface area contributed by atoms with E-state index in [1.54, 1.807) is 43.7 Å². The Balaban J connectivity index is 1.43. The predicted molar refractivity (Wildman–Crippen MR) is 141 cm³/mol. The van der Waals surface area contributed by atoms with Gasteiger partial charge in [-0.2, -0.15) is 5.10 Å². The van der Waals surface area contributed by atoms with Gasteiger partial charge in [-0.1, -0.05) is 42.5 Å². The number of nitrogens with one attached hydrogen (secondary N) is 1. The van der Waals surface area contributed by atoms with Crippen molar-refractivity contribution in [3.63, 3.8) is 0 Å². The van der Waals surface area contributed by atoms with Crippen LogP contribution >= 0.6 is 0 Å². The minimum atomic E-state index is -0.227. The summed E-state index contributed by atoms with van der Waals surface area (Å²) in [7, 11) is 3.19. The average molecular weight is 494 g/mol. The summed E-state index contributed by atoms with van der Waals surface area (Å²) >= 11 is 0. The second kappa shape index (κ2) is 10.8. The first-order valence-electron chi connectivity index (χ1n) is 11.8. The second-order valence-corrected chi connectivity index (χ2v) is 8.48. The maximum atomic E-state index is 13.5. The molecule has 5 aromatic rings. The van der Waals surface area contributed by atoms with Crippen molar-refractivity contribution in [3.8, 4) is 28.4 Å². The SMILES string of the molecule is COc1ccc(-c2nn(-c3ccccc3)cc2C(=O)NCc2cccc(Cn3ccnc3)c2)c(OC)c1. The zero-order valence-electron chi connectivity index (χ0n) is 20.7. The van der Waals surface area contributed by atoms with Crippen molar-refractivity contribution in [2.45, 2.75) is 13.1 Å². The molecule has 8 nitrogen and oxygen atoms in total. The van der Waals surface area contributed by atoms with Crippen LogP contribution in [0.2, 0.25) is 0 Å². The largest absolute Gasteiger partial charge is 0.497 e. The molecule has 2 aromatic heterocycles. The van der Waals surface area contributed by atoms with Crippen LogP contribution in [-0.2, 0) is 13.1 Å². The number of imidazole rings is 1. The topological polar surface area (TPSA) is 83.2 Å². The van der Waals surface area contributed by atoms with Crippen molar-refractivity contribution < 1.29 is 14.3 Å². The Hall–Kier alpha value is -4.85. The van der Waals surface area contributed by atoms with Crippen LogP contribution in [0.5, 0.6) is 11.5 Å². The molecule has 0 aliphatic rings. The van der Waals surface area contributed by atoms with E-state index < -0.39 is 0 Å². The van der Waals surface area contributed by atoms with E-state index in [1.165, 1.54) is 0 Å². The predicted octanol–water partition coefficient (Wildman–Crippen LogP) is 4.73. The molecule has 1 N–H and O–H groups in total. The molecular formula is C29H27N5O3. The molecular weight excluding hydrogens is 466 g/mol.